The quantitative estimate of drug-likeness (QED) is 0.818. The first kappa shape index (κ1) is 17.1. The predicted molar refractivity (Wildman–Crippen MR) is 93.3 cm³/mol. The summed E-state index contributed by atoms with van der Waals surface area (Å²) in [6.07, 6.45) is -0.592. The first-order valence-corrected chi connectivity index (χ1v) is 8.36. The fourth-order valence-electron chi connectivity index (χ4n) is 2.56. The van der Waals surface area contributed by atoms with Gasteiger partial charge in [0.25, 0.3) is 0 Å². The Morgan fingerprint density at radius 3 is 2.48 bits per heavy atom. The van der Waals surface area contributed by atoms with Crippen LogP contribution in [-0.4, -0.2) is 38.1 Å². The second-order valence-corrected chi connectivity index (χ2v) is 6.12. The normalized spacial score (nSPS) is 16.2. The van der Waals surface area contributed by atoms with E-state index in [-0.39, 0.29) is 11.8 Å². The van der Waals surface area contributed by atoms with Crippen molar-refractivity contribution in [1.29, 1.82) is 0 Å². The number of hydrogen-bond acceptors (Lipinski definition) is 7. The Morgan fingerprint density at radius 1 is 1.16 bits per heavy atom. The number of methoxy groups -OCH3 is 3. The van der Waals surface area contributed by atoms with Crippen molar-refractivity contribution in [2.45, 2.75) is 13.2 Å². The van der Waals surface area contributed by atoms with Gasteiger partial charge >= 0.3 is 0 Å². The van der Waals surface area contributed by atoms with Gasteiger partial charge < -0.3 is 18.9 Å². The average molecular weight is 362 g/mol. The van der Waals surface area contributed by atoms with Crippen molar-refractivity contribution in [3.63, 3.8) is 0 Å². The standard InChI is InChI=1S/C17H18N2O5S/c1-10(20)19-17(13-6-5-9-25-13)24-16(18-19)11-7-8-12(21-2)15(23-4)14(11)22-3/h5-9,17H,1-4H3. The van der Waals surface area contributed by atoms with Crippen LogP contribution in [0.25, 0.3) is 0 Å². The molecule has 1 aromatic carbocycles. The molecule has 1 amide bonds. The van der Waals surface area contributed by atoms with E-state index in [0.717, 1.165) is 4.88 Å². The van der Waals surface area contributed by atoms with E-state index in [0.29, 0.717) is 22.8 Å². The Hall–Kier alpha value is -2.74. The molecule has 1 aliphatic heterocycles. The predicted octanol–water partition coefficient (Wildman–Crippen LogP) is 3.01. The minimum absolute atomic E-state index is 0.215. The summed E-state index contributed by atoms with van der Waals surface area (Å²) in [5.74, 6) is 1.46. The highest BCUT2D eigenvalue weighted by Crippen LogP contribution is 2.42. The molecule has 1 unspecified atom stereocenters. The van der Waals surface area contributed by atoms with Gasteiger partial charge in [-0.25, -0.2) is 0 Å². The molecule has 132 valence electrons. The van der Waals surface area contributed by atoms with Crippen LogP contribution in [0.1, 0.15) is 23.6 Å². The minimum atomic E-state index is -0.592. The SMILES string of the molecule is COc1ccc(C2=NN(C(C)=O)C(c3cccs3)O2)c(OC)c1OC. The Labute approximate surface area is 149 Å². The van der Waals surface area contributed by atoms with Gasteiger partial charge in [0, 0.05) is 6.92 Å². The molecule has 25 heavy (non-hydrogen) atoms. The smallest absolute Gasteiger partial charge is 0.245 e. The molecule has 0 spiro atoms. The summed E-state index contributed by atoms with van der Waals surface area (Å²) < 4.78 is 22.1. The molecule has 0 radical (unpaired) electrons. The number of hydrazone groups is 1. The Balaban J connectivity index is 2.05. The fourth-order valence-corrected chi connectivity index (χ4v) is 3.30. The highest BCUT2D eigenvalue weighted by atomic mass is 32.1. The molecule has 0 saturated carbocycles. The summed E-state index contributed by atoms with van der Waals surface area (Å²) in [6.45, 7) is 1.45. The molecule has 8 heteroatoms. The summed E-state index contributed by atoms with van der Waals surface area (Å²) in [4.78, 5) is 12.9. The molecule has 7 nitrogen and oxygen atoms in total. The molecule has 1 atom stereocenters. The van der Waals surface area contributed by atoms with Gasteiger partial charge in [0.2, 0.25) is 23.8 Å². The third kappa shape index (κ3) is 3.00. The lowest BCUT2D eigenvalue weighted by atomic mass is 10.1. The van der Waals surface area contributed by atoms with Gasteiger partial charge in [0.05, 0.1) is 31.8 Å². The van der Waals surface area contributed by atoms with Crippen molar-refractivity contribution in [2.24, 2.45) is 5.10 Å². The molecular weight excluding hydrogens is 344 g/mol. The third-order valence-corrected chi connectivity index (χ3v) is 4.59. The van der Waals surface area contributed by atoms with Crippen LogP contribution in [0.2, 0.25) is 0 Å². The highest BCUT2D eigenvalue weighted by molar-refractivity contribution is 7.10. The van der Waals surface area contributed by atoms with Gasteiger partial charge in [-0.15, -0.1) is 16.4 Å². The van der Waals surface area contributed by atoms with E-state index >= 15 is 0 Å². The van der Waals surface area contributed by atoms with Gasteiger partial charge in [-0.3, -0.25) is 4.79 Å². The number of hydrogen-bond donors (Lipinski definition) is 0. The van der Waals surface area contributed by atoms with E-state index in [2.05, 4.69) is 5.10 Å². The average Bonchev–Trinajstić information content (AvgIpc) is 3.29. The lowest BCUT2D eigenvalue weighted by Gasteiger charge is -2.18. The van der Waals surface area contributed by atoms with Gasteiger partial charge in [0.1, 0.15) is 0 Å². The first-order chi connectivity index (χ1) is 12.1. The van der Waals surface area contributed by atoms with Crippen LogP contribution in [0.15, 0.2) is 34.7 Å². The molecule has 0 fully saturated rings. The maximum Gasteiger partial charge on any atom is 0.245 e. The Morgan fingerprint density at radius 2 is 1.92 bits per heavy atom. The van der Waals surface area contributed by atoms with Crippen LogP contribution >= 0.6 is 11.3 Å². The van der Waals surface area contributed by atoms with E-state index in [9.17, 15) is 4.79 Å². The van der Waals surface area contributed by atoms with Gasteiger partial charge in [-0.2, -0.15) is 5.01 Å². The topological polar surface area (TPSA) is 69.6 Å². The van der Waals surface area contributed by atoms with E-state index in [1.165, 1.54) is 37.5 Å². The van der Waals surface area contributed by atoms with Crippen molar-refractivity contribution < 1.29 is 23.7 Å². The third-order valence-electron chi connectivity index (χ3n) is 3.69. The molecule has 0 aliphatic carbocycles. The van der Waals surface area contributed by atoms with E-state index in [1.807, 2.05) is 17.5 Å². The van der Waals surface area contributed by atoms with Gasteiger partial charge in [0.15, 0.2) is 11.5 Å². The Bertz CT molecular complexity index is 804. The van der Waals surface area contributed by atoms with Crippen molar-refractivity contribution >= 4 is 23.1 Å². The largest absolute Gasteiger partial charge is 0.493 e. The second kappa shape index (κ2) is 7.02. The zero-order valence-corrected chi connectivity index (χ0v) is 15.1. The molecule has 0 N–H and O–H groups in total. The van der Waals surface area contributed by atoms with Crippen LogP contribution in [-0.2, 0) is 9.53 Å². The lowest BCUT2D eigenvalue weighted by Crippen LogP contribution is -2.24. The summed E-state index contributed by atoms with van der Waals surface area (Å²) >= 11 is 1.49. The van der Waals surface area contributed by atoms with E-state index in [1.54, 1.807) is 19.2 Å². The van der Waals surface area contributed by atoms with Crippen molar-refractivity contribution in [2.75, 3.05) is 21.3 Å². The molecule has 1 aromatic heterocycles. The van der Waals surface area contributed by atoms with Crippen LogP contribution in [0, 0.1) is 0 Å². The first-order valence-electron chi connectivity index (χ1n) is 7.48. The summed E-state index contributed by atoms with van der Waals surface area (Å²) in [5.41, 5.74) is 0.574. The van der Waals surface area contributed by atoms with Crippen LogP contribution < -0.4 is 14.2 Å². The Kier molecular flexibility index (Phi) is 4.80. The van der Waals surface area contributed by atoms with E-state index in [4.69, 9.17) is 18.9 Å². The number of nitrogens with zero attached hydrogens (tertiary/aromatic N) is 2. The second-order valence-electron chi connectivity index (χ2n) is 5.14. The maximum atomic E-state index is 12.0. The van der Waals surface area contributed by atoms with Crippen LogP contribution in [0.3, 0.4) is 0 Å². The van der Waals surface area contributed by atoms with Gasteiger partial charge in [-0.05, 0) is 23.6 Å². The van der Waals surface area contributed by atoms with Crippen LogP contribution in [0.5, 0.6) is 17.2 Å². The molecule has 1 aliphatic rings. The number of thiophene rings is 1. The zero-order valence-electron chi connectivity index (χ0n) is 14.3. The monoisotopic (exact) mass is 362 g/mol. The molecule has 3 rings (SSSR count). The highest BCUT2D eigenvalue weighted by Gasteiger charge is 2.35. The number of ether oxygens (including phenoxy) is 4. The minimum Gasteiger partial charge on any atom is -0.493 e. The number of carbonyl (C=O) groups is 1. The summed E-state index contributed by atoms with van der Waals surface area (Å²) in [7, 11) is 4.60. The summed E-state index contributed by atoms with van der Waals surface area (Å²) in [5, 5.41) is 7.58. The maximum absolute atomic E-state index is 12.0. The number of carbonyl (C=O) groups excluding carboxylic acids is 1. The molecule has 2 aromatic rings. The van der Waals surface area contributed by atoms with Gasteiger partial charge in [-0.1, -0.05) is 6.07 Å². The van der Waals surface area contributed by atoms with Crippen molar-refractivity contribution in [1.82, 2.24) is 5.01 Å². The van der Waals surface area contributed by atoms with E-state index < -0.39 is 6.23 Å². The molecular formula is C17H18N2O5S. The number of rotatable bonds is 5. The molecule has 0 bridgehead atoms. The lowest BCUT2D eigenvalue weighted by molar-refractivity contribution is -0.135. The molecule has 2 heterocycles. The fraction of sp³-hybridized carbons (Fsp3) is 0.294. The number of benzene rings is 1. The zero-order chi connectivity index (χ0) is 18.0. The summed E-state index contributed by atoms with van der Waals surface area (Å²) in [6, 6.07) is 7.29. The molecule has 0 saturated heterocycles. The van der Waals surface area contributed by atoms with Crippen molar-refractivity contribution in [3.05, 3.63) is 40.1 Å². The van der Waals surface area contributed by atoms with Crippen molar-refractivity contribution in [3.8, 4) is 17.2 Å². The van der Waals surface area contributed by atoms with Crippen LogP contribution in [0.4, 0.5) is 0 Å². The number of amides is 1.